The van der Waals surface area contributed by atoms with E-state index in [9.17, 15) is 4.79 Å². The van der Waals surface area contributed by atoms with Crippen LogP contribution in [0.1, 0.15) is 19.8 Å². The molecule has 0 saturated heterocycles. The summed E-state index contributed by atoms with van der Waals surface area (Å²) >= 11 is 0. The molecule has 4 heteroatoms. The van der Waals surface area contributed by atoms with E-state index in [4.69, 9.17) is 5.53 Å². The van der Waals surface area contributed by atoms with Crippen molar-refractivity contribution >= 4 is 6.29 Å². The van der Waals surface area contributed by atoms with Gasteiger partial charge in [0.25, 0.3) is 0 Å². The predicted octanol–water partition coefficient (Wildman–Crippen LogP) is 1.66. The van der Waals surface area contributed by atoms with Crippen molar-refractivity contribution < 1.29 is 4.79 Å². The summed E-state index contributed by atoms with van der Waals surface area (Å²) in [6.07, 6.45) is 1.94. The number of rotatable bonds is 4. The molecule has 0 aliphatic carbocycles. The second kappa shape index (κ2) is 5.12. The molecule has 1 unspecified atom stereocenters. The summed E-state index contributed by atoms with van der Waals surface area (Å²) in [5, 5.41) is 3.38. The Balaban J connectivity index is 3.37. The third-order valence-corrected chi connectivity index (χ3v) is 0.951. The Bertz CT molecular complexity index is 128. The summed E-state index contributed by atoms with van der Waals surface area (Å²) in [4.78, 5) is 12.4. The van der Waals surface area contributed by atoms with Gasteiger partial charge in [0.1, 0.15) is 6.29 Å². The fourth-order valence-corrected chi connectivity index (χ4v) is 0.455. The maximum atomic E-state index is 9.78. The fraction of sp³-hybridized carbons (Fsp3) is 0.800. The topological polar surface area (TPSA) is 65.8 Å². The first-order chi connectivity index (χ1) is 4.31. The zero-order chi connectivity index (χ0) is 7.11. The number of carbonyl (C=O) groups excluding carboxylic acids is 1. The van der Waals surface area contributed by atoms with Gasteiger partial charge in [0.2, 0.25) is 0 Å². The van der Waals surface area contributed by atoms with Crippen LogP contribution in [0.2, 0.25) is 0 Å². The molecule has 0 heterocycles. The average Bonchev–Trinajstić information content (AvgIpc) is 1.85. The molecule has 50 valence electrons. The molecule has 4 nitrogen and oxygen atoms in total. The summed E-state index contributed by atoms with van der Waals surface area (Å²) in [5.74, 6) is 0. The van der Waals surface area contributed by atoms with Crippen molar-refractivity contribution in [2.45, 2.75) is 25.8 Å². The molecule has 0 aromatic heterocycles. The van der Waals surface area contributed by atoms with E-state index >= 15 is 0 Å². The molecule has 0 fully saturated rings. The Labute approximate surface area is 53.5 Å². The van der Waals surface area contributed by atoms with Crippen LogP contribution in [0.4, 0.5) is 0 Å². The van der Waals surface area contributed by atoms with Gasteiger partial charge < -0.3 is 4.79 Å². The Hall–Kier alpha value is -1.02. The molecule has 0 aliphatic heterocycles. The standard InChI is InChI=1S/C5H9N3O/c1-5(7-8-6)3-2-4-9/h4-5H,2-3H2,1H3. The summed E-state index contributed by atoms with van der Waals surface area (Å²) in [5.41, 5.74) is 7.91. The van der Waals surface area contributed by atoms with E-state index in [1.54, 1.807) is 6.92 Å². The smallest absolute Gasteiger partial charge is 0.119 e. The van der Waals surface area contributed by atoms with E-state index in [0.717, 1.165) is 6.29 Å². The highest BCUT2D eigenvalue weighted by Gasteiger charge is 1.94. The van der Waals surface area contributed by atoms with Gasteiger partial charge in [0.05, 0.1) is 0 Å². The van der Waals surface area contributed by atoms with Crippen LogP contribution in [-0.4, -0.2) is 12.3 Å². The van der Waals surface area contributed by atoms with Crippen LogP contribution in [0.25, 0.3) is 10.4 Å². The summed E-state index contributed by atoms with van der Waals surface area (Å²) in [7, 11) is 0. The highest BCUT2D eigenvalue weighted by molar-refractivity contribution is 5.49. The zero-order valence-electron chi connectivity index (χ0n) is 5.32. The van der Waals surface area contributed by atoms with Gasteiger partial charge >= 0.3 is 0 Å². The van der Waals surface area contributed by atoms with Crippen LogP contribution in [0.5, 0.6) is 0 Å². The quantitative estimate of drug-likeness (QED) is 0.245. The second-order valence-electron chi connectivity index (χ2n) is 1.80. The lowest BCUT2D eigenvalue weighted by atomic mass is 10.2. The van der Waals surface area contributed by atoms with E-state index in [0.29, 0.717) is 12.8 Å². The monoisotopic (exact) mass is 127 g/mol. The fourth-order valence-electron chi connectivity index (χ4n) is 0.455. The molecule has 0 saturated carbocycles. The summed E-state index contributed by atoms with van der Waals surface area (Å²) < 4.78 is 0. The minimum Gasteiger partial charge on any atom is -0.303 e. The first kappa shape index (κ1) is 7.98. The second-order valence-corrected chi connectivity index (χ2v) is 1.80. The van der Waals surface area contributed by atoms with Gasteiger partial charge in [-0.2, -0.15) is 0 Å². The summed E-state index contributed by atoms with van der Waals surface area (Å²) in [6.45, 7) is 1.78. The van der Waals surface area contributed by atoms with Crippen molar-refractivity contribution in [1.29, 1.82) is 0 Å². The van der Waals surface area contributed by atoms with Crippen molar-refractivity contribution in [1.82, 2.24) is 0 Å². The average molecular weight is 127 g/mol. The molecule has 0 N–H and O–H groups in total. The molecule has 9 heavy (non-hydrogen) atoms. The van der Waals surface area contributed by atoms with Crippen molar-refractivity contribution in [2.75, 3.05) is 0 Å². The van der Waals surface area contributed by atoms with Crippen LogP contribution in [-0.2, 0) is 4.79 Å². The molecular formula is C5H9N3O. The van der Waals surface area contributed by atoms with Crippen molar-refractivity contribution in [2.24, 2.45) is 5.11 Å². The molecule has 0 amide bonds. The lowest BCUT2D eigenvalue weighted by Crippen LogP contribution is -1.95. The number of nitrogens with zero attached hydrogens (tertiary/aromatic N) is 3. The molecule has 0 radical (unpaired) electrons. The van der Waals surface area contributed by atoms with Crippen LogP contribution in [0, 0.1) is 0 Å². The Kier molecular flexibility index (Phi) is 4.54. The number of aldehydes is 1. The number of hydrogen-bond acceptors (Lipinski definition) is 2. The molecular weight excluding hydrogens is 118 g/mol. The van der Waals surface area contributed by atoms with Gasteiger partial charge in [-0.15, -0.1) is 0 Å². The highest BCUT2D eigenvalue weighted by Crippen LogP contribution is 1.98. The minimum atomic E-state index is -0.0554. The Morgan fingerprint density at radius 3 is 3.00 bits per heavy atom. The van der Waals surface area contributed by atoms with Crippen LogP contribution < -0.4 is 0 Å². The van der Waals surface area contributed by atoms with E-state index in [1.165, 1.54) is 0 Å². The van der Waals surface area contributed by atoms with Crippen molar-refractivity contribution in [3.63, 3.8) is 0 Å². The Morgan fingerprint density at radius 1 is 1.89 bits per heavy atom. The normalized spacial score (nSPS) is 11.7. The number of azide groups is 1. The van der Waals surface area contributed by atoms with Crippen molar-refractivity contribution in [3.8, 4) is 0 Å². The Morgan fingerprint density at radius 2 is 2.56 bits per heavy atom. The molecule has 0 aliphatic rings. The first-order valence-electron chi connectivity index (χ1n) is 2.79. The third-order valence-electron chi connectivity index (χ3n) is 0.951. The van der Waals surface area contributed by atoms with Gasteiger partial charge in [-0.3, -0.25) is 0 Å². The van der Waals surface area contributed by atoms with E-state index in [-0.39, 0.29) is 6.04 Å². The maximum Gasteiger partial charge on any atom is 0.119 e. The SMILES string of the molecule is CC(CCC=O)N=[N+]=[N-]. The zero-order valence-corrected chi connectivity index (χ0v) is 5.32. The van der Waals surface area contributed by atoms with Gasteiger partial charge in [-0.05, 0) is 12.0 Å². The highest BCUT2D eigenvalue weighted by atomic mass is 16.1. The minimum absolute atomic E-state index is 0.0554. The molecule has 0 aromatic carbocycles. The number of hydrogen-bond donors (Lipinski definition) is 0. The third kappa shape index (κ3) is 4.84. The maximum absolute atomic E-state index is 9.78. The van der Waals surface area contributed by atoms with Crippen LogP contribution >= 0.6 is 0 Å². The molecule has 0 spiro atoms. The van der Waals surface area contributed by atoms with Crippen LogP contribution in [0.15, 0.2) is 5.11 Å². The van der Waals surface area contributed by atoms with E-state index in [1.807, 2.05) is 0 Å². The lowest BCUT2D eigenvalue weighted by Gasteiger charge is -1.96. The van der Waals surface area contributed by atoms with Gasteiger partial charge in [0.15, 0.2) is 0 Å². The molecule has 1 atom stereocenters. The molecule has 0 bridgehead atoms. The van der Waals surface area contributed by atoms with Gasteiger partial charge in [-0.25, -0.2) is 0 Å². The van der Waals surface area contributed by atoms with Crippen molar-refractivity contribution in [3.05, 3.63) is 10.4 Å². The van der Waals surface area contributed by atoms with Crippen LogP contribution in [0.3, 0.4) is 0 Å². The van der Waals surface area contributed by atoms with E-state index < -0.39 is 0 Å². The predicted molar refractivity (Wildman–Crippen MR) is 33.9 cm³/mol. The summed E-state index contributed by atoms with van der Waals surface area (Å²) in [6, 6.07) is -0.0554. The van der Waals surface area contributed by atoms with Gasteiger partial charge in [-0.1, -0.05) is 12.0 Å². The first-order valence-corrected chi connectivity index (χ1v) is 2.79. The van der Waals surface area contributed by atoms with E-state index in [2.05, 4.69) is 10.0 Å². The molecule has 0 rings (SSSR count). The van der Waals surface area contributed by atoms with Gasteiger partial charge in [0, 0.05) is 17.4 Å². The lowest BCUT2D eigenvalue weighted by molar-refractivity contribution is -0.108. The number of carbonyl (C=O) groups is 1. The largest absolute Gasteiger partial charge is 0.303 e. The molecule has 0 aromatic rings.